The van der Waals surface area contributed by atoms with E-state index in [2.05, 4.69) is 5.32 Å². The molecule has 44 heavy (non-hydrogen) atoms. The largest absolute Gasteiger partial charge is 0.352 e. The molecule has 0 bridgehead atoms. The van der Waals surface area contributed by atoms with Crippen LogP contribution in [0.15, 0.2) is 72.8 Å². The van der Waals surface area contributed by atoms with Crippen LogP contribution in [0.25, 0.3) is 0 Å². The Labute approximate surface area is 275 Å². The lowest BCUT2D eigenvalue weighted by atomic mass is 9.94. The average Bonchev–Trinajstić information content (AvgIpc) is 2.99. The van der Waals surface area contributed by atoms with Gasteiger partial charge >= 0.3 is 0 Å². The van der Waals surface area contributed by atoms with Gasteiger partial charge in [-0.3, -0.25) is 13.9 Å². The number of halogens is 3. The fourth-order valence-corrected chi connectivity index (χ4v) is 7.21. The van der Waals surface area contributed by atoms with Crippen molar-refractivity contribution in [1.29, 1.82) is 0 Å². The highest BCUT2D eigenvalue weighted by molar-refractivity contribution is 7.92. The molecule has 3 aromatic rings. The van der Waals surface area contributed by atoms with Crippen LogP contribution in [-0.4, -0.2) is 50.0 Å². The van der Waals surface area contributed by atoms with Crippen molar-refractivity contribution in [3.05, 3.63) is 99.0 Å². The summed E-state index contributed by atoms with van der Waals surface area (Å²) in [6.45, 7) is 0.179. The first-order valence-corrected chi connectivity index (χ1v) is 17.8. The average molecular weight is 679 g/mol. The number of benzene rings is 3. The fourth-order valence-electron chi connectivity index (χ4n) is 5.59. The van der Waals surface area contributed by atoms with Crippen LogP contribution >= 0.6 is 34.8 Å². The molecule has 1 N–H and O–H groups in total. The van der Waals surface area contributed by atoms with E-state index in [1.54, 1.807) is 23.1 Å². The van der Waals surface area contributed by atoms with Crippen LogP contribution in [0.5, 0.6) is 0 Å². The van der Waals surface area contributed by atoms with E-state index in [0.717, 1.165) is 53.8 Å². The molecule has 0 saturated heterocycles. The van der Waals surface area contributed by atoms with E-state index in [1.165, 1.54) is 12.1 Å². The molecule has 236 valence electrons. The van der Waals surface area contributed by atoms with Crippen molar-refractivity contribution in [1.82, 2.24) is 10.2 Å². The fraction of sp³-hybridized carbons (Fsp3) is 0.394. The summed E-state index contributed by atoms with van der Waals surface area (Å²) in [5.41, 5.74) is 1.97. The topological polar surface area (TPSA) is 86.8 Å². The van der Waals surface area contributed by atoms with Crippen molar-refractivity contribution < 1.29 is 18.0 Å². The Morgan fingerprint density at radius 1 is 0.886 bits per heavy atom. The number of nitrogens with zero attached hydrogens (tertiary/aromatic N) is 2. The SMILES string of the molecule is CS(=O)(=O)N(CCCC(=O)N(Cc1cccc(Cl)c1)[C@@H](Cc1ccccc1)C(=O)NC1CCCCC1)c1cc(Cl)ccc1Cl. The summed E-state index contributed by atoms with van der Waals surface area (Å²) in [6.07, 6.45) is 6.74. The second-order valence-corrected chi connectivity index (χ2v) is 14.4. The van der Waals surface area contributed by atoms with Gasteiger partial charge in [-0.05, 0) is 60.7 Å². The van der Waals surface area contributed by atoms with Crippen LogP contribution in [0, 0.1) is 0 Å². The molecule has 0 aromatic heterocycles. The highest BCUT2D eigenvalue weighted by atomic mass is 35.5. The Kier molecular flexibility index (Phi) is 12.4. The first-order chi connectivity index (χ1) is 21.0. The maximum Gasteiger partial charge on any atom is 0.243 e. The molecular formula is C33H38Cl3N3O4S. The normalized spacial score (nSPS) is 14.5. The summed E-state index contributed by atoms with van der Waals surface area (Å²) in [5.74, 6) is -0.463. The number of hydrogen-bond donors (Lipinski definition) is 1. The molecule has 1 atom stereocenters. The quantitative estimate of drug-likeness (QED) is 0.206. The number of carbonyl (C=O) groups excluding carboxylic acids is 2. The number of sulfonamides is 1. The summed E-state index contributed by atoms with van der Waals surface area (Å²) in [7, 11) is -3.73. The van der Waals surface area contributed by atoms with E-state index in [-0.39, 0.29) is 54.5 Å². The molecule has 0 aliphatic heterocycles. The first-order valence-electron chi connectivity index (χ1n) is 14.8. The van der Waals surface area contributed by atoms with Crippen LogP contribution in [-0.2, 0) is 32.6 Å². The van der Waals surface area contributed by atoms with E-state index in [9.17, 15) is 18.0 Å². The predicted octanol–water partition coefficient (Wildman–Crippen LogP) is 7.28. The molecule has 7 nitrogen and oxygen atoms in total. The molecule has 0 heterocycles. The number of hydrogen-bond acceptors (Lipinski definition) is 4. The monoisotopic (exact) mass is 677 g/mol. The van der Waals surface area contributed by atoms with Gasteiger partial charge in [0.1, 0.15) is 6.04 Å². The zero-order valence-corrected chi connectivity index (χ0v) is 27.8. The minimum atomic E-state index is -3.73. The maximum atomic E-state index is 14.0. The first kappa shape index (κ1) is 34.1. The van der Waals surface area contributed by atoms with Crippen LogP contribution in [0.1, 0.15) is 56.1 Å². The number of nitrogens with one attached hydrogen (secondary N) is 1. The molecule has 4 rings (SSSR count). The van der Waals surface area contributed by atoms with Gasteiger partial charge < -0.3 is 10.2 Å². The van der Waals surface area contributed by atoms with Gasteiger partial charge in [-0.1, -0.05) is 96.5 Å². The Hall–Kier alpha value is -2.78. The van der Waals surface area contributed by atoms with Crippen LogP contribution in [0.3, 0.4) is 0 Å². The van der Waals surface area contributed by atoms with Crippen molar-refractivity contribution in [3.63, 3.8) is 0 Å². The lowest BCUT2D eigenvalue weighted by Gasteiger charge is -2.34. The lowest BCUT2D eigenvalue weighted by molar-refractivity contribution is -0.141. The number of rotatable bonds is 13. The number of anilines is 1. The maximum absolute atomic E-state index is 14.0. The van der Waals surface area contributed by atoms with Crippen molar-refractivity contribution in [3.8, 4) is 0 Å². The summed E-state index contributed by atoms with van der Waals surface area (Å²) in [4.78, 5) is 29.6. The molecule has 1 fully saturated rings. The van der Waals surface area contributed by atoms with E-state index in [4.69, 9.17) is 34.8 Å². The van der Waals surface area contributed by atoms with Gasteiger partial charge in [-0.15, -0.1) is 0 Å². The smallest absolute Gasteiger partial charge is 0.243 e. The van der Waals surface area contributed by atoms with Gasteiger partial charge in [0.2, 0.25) is 21.8 Å². The summed E-state index contributed by atoms with van der Waals surface area (Å²) in [5, 5.41) is 4.33. The molecule has 3 aromatic carbocycles. The third kappa shape index (κ3) is 9.86. The predicted molar refractivity (Wildman–Crippen MR) is 179 cm³/mol. The highest BCUT2D eigenvalue weighted by Gasteiger charge is 2.32. The second-order valence-electron chi connectivity index (χ2n) is 11.2. The van der Waals surface area contributed by atoms with Gasteiger partial charge in [-0.2, -0.15) is 0 Å². The highest BCUT2D eigenvalue weighted by Crippen LogP contribution is 2.31. The third-order valence-corrected chi connectivity index (χ3v) is 9.76. The van der Waals surface area contributed by atoms with E-state index < -0.39 is 16.1 Å². The molecule has 11 heteroatoms. The van der Waals surface area contributed by atoms with Crippen LogP contribution < -0.4 is 9.62 Å². The summed E-state index contributed by atoms with van der Waals surface area (Å²) < 4.78 is 26.6. The summed E-state index contributed by atoms with van der Waals surface area (Å²) in [6, 6.07) is 20.8. The standard InChI is InChI=1S/C33H38Cl3N3O4S/c1-44(42,43)39(30-22-27(35)17-18-29(30)36)19-9-16-32(40)38(23-25-12-8-13-26(34)20-25)31(21-24-10-4-2-5-11-24)33(41)37-28-14-6-3-7-15-28/h2,4-5,8,10-13,17-18,20,22,28,31H,3,6-7,9,14-16,19,21,23H2,1H3,(H,37,41)/t31-/m0/s1. The van der Waals surface area contributed by atoms with Gasteiger partial charge in [0, 0.05) is 42.0 Å². The Balaban J connectivity index is 1.60. The minimum Gasteiger partial charge on any atom is -0.352 e. The van der Waals surface area contributed by atoms with Gasteiger partial charge in [0.05, 0.1) is 17.0 Å². The number of carbonyl (C=O) groups is 2. The van der Waals surface area contributed by atoms with Crippen molar-refractivity contribution >= 4 is 62.3 Å². The molecule has 0 unspecified atom stereocenters. The third-order valence-electron chi connectivity index (χ3n) is 7.79. The lowest BCUT2D eigenvalue weighted by Crippen LogP contribution is -2.52. The van der Waals surface area contributed by atoms with Crippen LogP contribution in [0.4, 0.5) is 5.69 Å². The molecule has 1 saturated carbocycles. The number of amides is 2. The van der Waals surface area contributed by atoms with Crippen molar-refractivity contribution in [2.75, 3.05) is 17.1 Å². The van der Waals surface area contributed by atoms with E-state index >= 15 is 0 Å². The molecule has 1 aliphatic carbocycles. The van der Waals surface area contributed by atoms with E-state index in [1.807, 2.05) is 42.5 Å². The molecule has 0 radical (unpaired) electrons. The van der Waals surface area contributed by atoms with Crippen molar-refractivity contribution in [2.45, 2.75) is 70.0 Å². The van der Waals surface area contributed by atoms with Gasteiger partial charge in [-0.25, -0.2) is 8.42 Å². The Bertz CT molecular complexity index is 1530. The summed E-state index contributed by atoms with van der Waals surface area (Å²) >= 11 is 18.8. The van der Waals surface area contributed by atoms with Gasteiger partial charge in [0.25, 0.3) is 0 Å². The minimum absolute atomic E-state index is 0.00672. The van der Waals surface area contributed by atoms with E-state index in [0.29, 0.717) is 16.5 Å². The molecule has 1 aliphatic rings. The van der Waals surface area contributed by atoms with Gasteiger partial charge in [0.15, 0.2) is 0 Å². The van der Waals surface area contributed by atoms with Crippen LogP contribution in [0.2, 0.25) is 15.1 Å². The Morgan fingerprint density at radius 2 is 1.57 bits per heavy atom. The molecule has 0 spiro atoms. The molecule has 2 amide bonds. The zero-order valence-electron chi connectivity index (χ0n) is 24.7. The van der Waals surface area contributed by atoms with Crippen molar-refractivity contribution in [2.24, 2.45) is 0 Å². The second kappa shape index (κ2) is 16.0. The Morgan fingerprint density at radius 3 is 2.25 bits per heavy atom. The molecular weight excluding hydrogens is 641 g/mol. The zero-order chi connectivity index (χ0) is 31.7.